The smallest absolute Gasteiger partial charge is 0.350 e. The number of esters is 1. The minimum Gasteiger partial charge on any atom is -0.462 e. The van der Waals surface area contributed by atoms with Gasteiger partial charge in [-0.05, 0) is 52.0 Å². The molecule has 1 amide bonds. The first-order chi connectivity index (χ1) is 15.0. The van der Waals surface area contributed by atoms with Crippen LogP contribution in [0.25, 0.3) is 0 Å². The number of morpholine rings is 1. The van der Waals surface area contributed by atoms with Gasteiger partial charge in [0.15, 0.2) is 4.80 Å². The van der Waals surface area contributed by atoms with Crippen LogP contribution in [0.5, 0.6) is 0 Å². The first-order valence-electron chi connectivity index (χ1n) is 10.2. The maximum absolute atomic E-state index is 13.0. The summed E-state index contributed by atoms with van der Waals surface area (Å²) in [7, 11) is -1.99. The molecule has 0 N–H and O–H groups in total. The third-order valence-corrected chi connectivity index (χ3v) is 8.15. The number of hydrogen-bond acceptors (Lipinski definition) is 7. The largest absolute Gasteiger partial charge is 0.462 e. The van der Waals surface area contributed by atoms with Crippen molar-refractivity contribution in [1.82, 2.24) is 8.87 Å². The Morgan fingerprint density at radius 3 is 2.34 bits per heavy atom. The van der Waals surface area contributed by atoms with E-state index in [9.17, 15) is 18.0 Å². The molecule has 1 aliphatic rings. The Morgan fingerprint density at radius 1 is 1.19 bits per heavy atom. The van der Waals surface area contributed by atoms with E-state index in [1.165, 1.54) is 28.6 Å². The van der Waals surface area contributed by atoms with Gasteiger partial charge in [-0.25, -0.2) is 13.2 Å². The van der Waals surface area contributed by atoms with E-state index < -0.39 is 21.9 Å². The normalized spacial score (nSPS) is 20.3. The van der Waals surface area contributed by atoms with Crippen molar-refractivity contribution in [2.24, 2.45) is 12.0 Å². The van der Waals surface area contributed by atoms with Crippen molar-refractivity contribution in [2.75, 3.05) is 19.7 Å². The van der Waals surface area contributed by atoms with E-state index in [1.807, 2.05) is 13.8 Å². The zero-order valence-electron chi connectivity index (χ0n) is 18.7. The van der Waals surface area contributed by atoms with Gasteiger partial charge < -0.3 is 14.0 Å². The fourth-order valence-electron chi connectivity index (χ4n) is 3.41. The van der Waals surface area contributed by atoms with Crippen LogP contribution in [0, 0.1) is 6.92 Å². The molecule has 9 nitrogen and oxygen atoms in total. The number of nitrogens with zero attached hydrogens (tertiary/aromatic N) is 3. The van der Waals surface area contributed by atoms with Gasteiger partial charge in [0.1, 0.15) is 4.88 Å². The number of rotatable bonds is 5. The fourth-order valence-corrected chi connectivity index (χ4v) is 6.01. The van der Waals surface area contributed by atoms with Crippen molar-refractivity contribution in [2.45, 2.75) is 44.8 Å². The van der Waals surface area contributed by atoms with Crippen LogP contribution in [0.2, 0.25) is 0 Å². The van der Waals surface area contributed by atoms with Gasteiger partial charge in [0.05, 0.1) is 23.7 Å². The highest BCUT2D eigenvalue weighted by molar-refractivity contribution is 7.89. The van der Waals surface area contributed by atoms with Crippen LogP contribution in [-0.2, 0) is 26.5 Å². The van der Waals surface area contributed by atoms with Crippen molar-refractivity contribution in [3.8, 4) is 0 Å². The summed E-state index contributed by atoms with van der Waals surface area (Å²) in [5.41, 5.74) is 0.895. The number of aromatic nitrogens is 1. The predicted octanol–water partition coefficient (Wildman–Crippen LogP) is 2.11. The minimum absolute atomic E-state index is 0.109. The lowest BCUT2D eigenvalue weighted by Gasteiger charge is -2.34. The average molecular weight is 482 g/mol. The second-order valence-corrected chi connectivity index (χ2v) is 10.5. The van der Waals surface area contributed by atoms with Gasteiger partial charge in [-0.3, -0.25) is 4.79 Å². The Labute approximate surface area is 191 Å². The number of hydrogen-bond donors (Lipinski definition) is 0. The zero-order valence-corrected chi connectivity index (χ0v) is 20.3. The molecule has 0 radical (unpaired) electrons. The van der Waals surface area contributed by atoms with Crippen LogP contribution in [0.15, 0.2) is 34.2 Å². The SMILES string of the molecule is CCOC(=O)c1sc(=NC(=O)c2ccc(S(=O)(=O)N3C[C@@H](C)O[C@H](C)C3)cc2)n(C)c1C. The number of carbonyl (C=O) groups excluding carboxylic acids is 2. The molecule has 0 aliphatic carbocycles. The summed E-state index contributed by atoms with van der Waals surface area (Å²) in [5.74, 6) is -0.990. The highest BCUT2D eigenvalue weighted by atomic mass is 32.2. The van der Waals surface area contributed by atoms with Gasteiger partial charge in [-0.2, -0.15) is 9.30 Å². The summed E-state index contributed by atoms with van der Waals surface area (Å²) in [6.45, 7) is 7.95. The lowest BCUT2D eigenvalue weighted by Crippen LogP contribution is -2.48. The Morgan fingerprint density at radius 2 is 1.78 bits per heavy atom. The van der Waals surface area contributed by atoms with Crippen LogP contribution in [0.1, 0.15) is 46.5 Å². The number of carbonyl (C=O) groups is 2. The lowest BCUT2D eigenvalue weighted by molar-refractivity contribution is -0.0440. The van der Waals surface area contributed by atoms with Crippen molar-refractivity contribution in [3.63, 3.8) is 0 Å². The summed E-state index contributed by atoms with van der Waals surface area (Å²) in [4.78, 5) is 29.7. The van der Waals surface area contributed by atoms with Crippen LogP contribution in [0.3, 0.4) is 0 Å². The van der Waals surface area contributed by atoms with Crippen molar-refractivity contribution in [3.05, 3.63) is 45.2 Å². The summed E-state index contributed by atoms with van der Waals surface area (Å²) in [5, 5.41) is 0. The van der Waals surface area contributed by atoms with Crippen LogP contribution in [-0.4, -0.2) is 61.1 Å². The highest BCUT2D eigenvalue weighted by Gasteiger charge is 2.32. The molecule has 1 saturated heterocycles. The average Bonchev–Trinajstić information content (AvgIpc) is 3.02. The van der Waals surface area contributed by atoms with Crippen molar-refractivity contribution >= 4 is 33.2 Å². The Bertz CT molecular complexity index is 1170. The van der Waals surface area contributed by atoms with Crippen LogP contribution >= 0.6 is 11.3 Å². The summed E-state index contributed by atoms with van der Waals surface area (Å²) < 4.78 is 39.6. The second kappa shape index (κ2) is 9.65. The molecular formula is C21H27N3O6S2. The van der Waals surface area contributed by atoms with E-state index in [-0.39, 0.29) is 42.4 Å². The molecule has 2 atom stereocenters. The van der Waals surface area contributed by atoms with Gasteiger partial charge >= 0.3 is 5.97 Å². The first-order valence-corrected chi connectivity index (χ1v) is 12.5. The molecule has 0 spiro atoms. The number of ether oxygens (including phenoxy) is 2. The van der Waals surface area contributed by atoms with E-state index >= 15 is 0 Å². The van der Waals surface area contributed by atoms with Crippen LogP contribution < -0.4 is 4.80 Å². The molecule has 1 aliphatic heterocycles. The molecule has 1 aromatic carbocycles. The quantitative estimate of drug-likeness (QED) is 0.606. The molecule has 0 saturated carbocycles. The molecule has 1 aromatic heterocycles. The first kappa shape index (κ1) is 24.3. The monoisotopic (exact) mass is 481 g/mol. The van der Waals surface area contributed by atoms with E-state index in [1.54, 1.807) is 25.5 Å². The maximum atomic E-state index is 13.0. The molecular weight excluding hydrogens is 454 g/mol. The number of sulfonamides is 1. The Hall–Kier alpha value is -2.34. The topological polar surface area (TPSA) is 107 Å². The van der Waals surface area contributed by atoms with Crippen molar-refractivity contribution in [1.29, 1.82) is 0 Å². The van der Waals surface area contributed by atoms with Gasteiger partial charge in [-0.1, -0.05) is 11.3 Å². The van der Waals surface area contributed by atoms with Gasteiger partial charge in [0.2, 0.25) is 10.0 Å². The number of benzene rings is 1. The standard InChI is InChI=1S/C21H27N3O6S2/c1-6-29-20(26)18-15(4)23(5)21(31-18)22-19(25)16-7-9-17(10-8-16)32(27,28)24-11-13(2)30-14(3)12-24/h7-10,13-14H,6,11-12H2,1-5H3/t13-,14-/m1/s1. The fraction of sp³-hybridized carbons (Fsp3) is 0.476. The third-order valence-electron chi connectivity index (χ3n) is 5.10. The van der Waals surface area contributed by atoms with Gasteiger partial charge in [0.25, 0.3) is 5.91 Å². The van der Waals surface area contributed by atoms with Gasteiger partial charge in [-0.15, -0.1) is 0 Å². The second-order valence-electron chi connectivity index (χ2n) is 7.60. The molecule has 2 aromatic rings. The zero-order chi connectivity index (χ0) is 23.6. The van der Waals surface area contributed by atoms with E-state index in [0.717, 1.165) is 11.3 Å². The molecule has 174 valence electrons. The summed E-state index contributed by atoms with van der Waals surface area (Å²) >= 11 is 1.07. The maximum Gasteiger partial charge on any atom is 0.350 e. The minimum atomic E-state index is -3.70. The highest BCUT2D eigenvalue weighted by Crippen LogP contribution is 2.22. The number of amides is 1. The van der Waals surface area contributed by atoms with E-state index in [4.69, 9.17) is 9.47 Å². The number of thiazole rings is 1. The molecule has 2 heterocycles. The van der Waals surface area contributed by atoms with E-state index in [2.05, 4.69) is 4.99 Å². The Balaban J connectivity index is 1.84. The lowest BCUT2D eigenvalue weighted by atomic mass is 10.2. The van der Waals surface area contributed by atoms with Crippen LogP contribution in [0.4, 0.5) is 0 Å². The summed E-state index contributed by atoms with van der Waals surface area (Å²) in [6.07, 6.45) is -0.384. The van der Waals surface area contributed by atoms with E-state index in [0.29, 0.717) is 15.4 Å². The third kappa shape index (κ3) is 5.01. The summed E-state index contributed by atoms with van der Waals surface area (Å²) in [6, 6.07) is 5.71. The molecule has 32 heavy (non-hydrogen) atoms. The predicted molar refractivity (Wildman–Crippen MR) is 119 cm³/mol. The molecule has 0 bridgehead atoms. The molecule has 0 unspecified atom stereocenters. The van der Waals surface area contributed by atoms with Gasteiger partial charge in [0, 0.05) is 31.4 Å². The molecule has 11 heteroatoms. The molecule has 1 fully saturated rings. The Kier molecular flexibility index (Phi) is 7.33. The molecule has 3 rings (SSSR count). The van der Waals surface area contributed by atoms with Crippen molar-refractivity contribution < 1.29 is 27.5 Å².